The summed E-state index contributed by atoms with van der Waals surface area (Å²) in [5.74, 6) is 0.860. The zero-order chi connectivity index (χ0) is 16.4. The molecule has 3 aromatic rings. The SMILES string of the molecule is COc1ccc(Cl)cc1-c1noc(Cn2ccc([N+](=O)[O-])n2)n1. The molecule has 118 valence electrons. The number of nitro groups is 1. The van der Waals surface area contributed by atoms with Crippen LogP contribution in [-0.2, 0) is 6.54 Å². The zero-order valence-electron chi connectivity index (χ0n) is 11.8. The largest absolute Gasteiger partial charge is 0.496 e. The molecule has 0 fully saturated rings. The Morgan fingerprint density at radius 3 is 2.96 bits per heavy atom. The van der Waals surface area contributed by atoms with Crippen LogP contribution < -0.4 is 4.74 Å². The van der Waals surface area contributed by atoms with Crippen LogP contribution in [0.3, 0.4) is 0 Å². The summed E-state index contributed by atoms with van der Waals surface area (Å²) in [6.07, 6.45) is 1.46. The van der Waals surface area contributed by atoms with Crippen LogP contribution in [0.1, 0.15) is 5.89 Å². The number of halogens is 1. The van der Waals surface area contributed by atoms with Gasteiger partial charge in [-0.3, -0.25) is 0 Å². The number of aromatic nitrogens is 4. The third kappa shape index (κ3) is 3.14. The van der Waals surface area contributed by atoms with E-state index in [0.29, 0.717) is 22.2 Å². The summed E-state index contributed by atoms with van der Waals surface area (Å²) in [6, 6.07) is 6.34. The van der Waals surface area contributed by atoms with E-state index >= 15 is 0 Å². The minimum atomic E-state index is -0.577. The van der Waals surface area contributed by atoms with E-state index in [9.17, 15) is 10.1 Å². The molecule has 0 aliphatic heterocycles. The molecule has 0 unspecified atom stereocenters. The lowest BCUT2D eigenvalue weighted by atomic mass is 10.2. The van der Waals surface area contributed by atoms with Gasteiger partial charge in [-0.05, 0) is 23.1 Å². The minimum Gasteiger partial charge on any atom is -0.496 e. The van der Waals surface area contributed by atoms with Gasteiger partial charge < -0.3 is 19.4 Å². The fourth-order valence-corrected chi connectivity index (χ4v) is 2.13. The molecule has 3 rings (SSSR count). The lowest BCUT2D eigenvalue weighted by Crippen LogP contribution is -2.01. The van der Waals surface area contributed by atoms with Crippen molar-refractivity contribution < 1.29 is 14.2 Å². The molecular weight excluding hydrogens is 326 g/mol. The predicted octanol–water partition coefficient (Wildman–Crippen LogP) is 2.55. The molecular formula is C13H10ClN5O4. The van der Waals surface area contributed by atoms with E-state index in [2.05, 4.69) is 15.2 Å². The molecule has 2 heterocycles. The van der Waals surface area contributed by atoms with Gasteiger partial charge in [0.25, 0.3) is 5.89 Å². The van der Waals surface area contributed by atoms with E-state index in [-0.39, 0.29) is 18.3 Å². The van der Waals surface area contributed by atoms with Gasteiger partial charge in [0.15, 0.2) is 0 Å². The van der Waals surface area contributed by atoms with Gasteiger partial charge in [-0.1, -0.05) is 16.8 Å². The van der Waals surface area contributed by atoms with Crippen LogP contribution in [0.25, 0.3) is 11.4 Å². The van der Waals surface area contributed by atoms with Crippen LogP contribution >= 0.6 is 11.6 Å². The molecule has 0 atom stereocenters. The topological polar surface area (TPSA) is 109 Å². The maximum Gasteiger partial charge on any atom is 0.389 e. The summed E-state index contributed by atoms with van der Waals surface area (Å²) in [7, 11) is 1.52. The Balaban J connectivity index is 1.85. The van der Waals surface area contributed by atoms with Crippen LogP contribution in [0, 0.1) is 10.1 Å². The molecule has 2 aromatic heterocycles. The summed E-state index contributed by atoms with van der Waals surface area (Å²) >= 11 is 5.97. The van der Waals surface area contributed by atoms with E-state index in [1.165, 1.54) is 24.1 Å². The number of hydrogen-bond acceptors (Lipinski definition) is 7. The standard InChI is InChI=1S/C13H10ClN5O4/c1-22-10-3-2-8(14)6-9(10)13-15-12(23-17-13)7-18-5-4-11(16-18)19(20)21/h2-6H,7H2,1H3. The molecule has 23 heavy (non-hydrogen) atoms. The molecule has 0 saturated heterocycles. The lowest BCUT2D eigenvalue weighted by Gasteiger charge is -2.04. The van der Waals surface area contributed by atoms with Crippen molar-refractivity contribution in [2.45, 2.75) is 6.54 Å². The van der Waals surface area contributed by atoms with Gasteiger partial charge in [0.2, 0.25) is 5.82 Å². The second-order valence-electron chi connectivity index (χ2n) is 4.48. The molecule has 0 spiro atoms. The highest BCUT2D eigenvalue weighted by Gasteiger charge is 2.17. The van der Waals surface area contributed by atoms with Crippen LogP contribution in [0.15, 0.2) is 35.0 Å². The van der Waals surface area contributed by atoms with Crippen molar-refractivity contribution in [1.82, 2.24) is 19.9 Å². The van der Waals surface area contributed by atoms with Crippen molar-refractivity contribution >= 4 is 17.4 Å². The Labute approximate surface area is 134 Å². The smallest absolute Gasteiger partial charge is 0.389 e. The average Bonchev–Trinajstić information content (AvgIpc) is 3.17. The number of rotatable bonds is 5. The summed E-state index contributed by atoms with van der Waals surface area (Å²) < 4.78 is 11.7. The van der Waals surface area contributed by atoms with E-state index in [4.69, 9.17) is 20.9 Å². The molecule has 0 bridgehead atoms. The van der Waals surface area contributed by atoms with Crippen molar-refractivity contribution in [2.75, 3.05) is 7.11 Å². The Morgan fingerprint density at radius 2 is 2.26 bits per heavy atom. The van der Waals surface area contributed by atoms with Gasteiger partial charge in [-0.2, -0.15) is 9.67 Å². The highest BCUT2D eigenvalue weighted by molar-refractivity contribution is 6.30. The minimum absolute atomic E-state index is 0.115. The average molecular weight is 336 g/mol. The summed E-state index contributed by atoms with van der Waals surface area (Å²) in [6.45, 7) is 0.115. The Morgan fingerprint density at radius 1 is 1.43 bits per heavy atom. The quantitative estimate of drug-likeness (QED) is 0.520. The molecule has 0 saturated carbocycles. The highest BCUT2D eigenvalue weighted by Crippen LogP contribution is 2.30. The van der Waals surface area contributed by atoms with Crippen molar-refractivity contribution in [2.24, 2.45) is 0 Å². The van der Waals surface area contributed by atoms with Crippen molar-refractivity contribution in [3.63, 3.8) is 0 Å². The molecule has 1 aromatic carbocycles. The summed E-state index contributed by atoms with van der Waals surface area (Å²) in [5.41, 5.74) is 0.585. The molecule has 9 nitrogen and oxygen atoms in total. The second kappa shape index (κ2) is 6.05. The van der Waals surface area contributed by atoms with Gasteiger partial charge in [0.05, 0.1) is 30.0 Å². The number of hydrogen-bond donors (Lipinski definition) is 0. The first-order chi connectivity index (χ1) is 11.1. The first-order valence-electron chi connectivity index (χ1n) is 6.41. The third-order valence-electron chi connectivity index (χ3n) is 2.98. The molecule has 0 N–H and O–H groups in total. The van der Waals surface area contributed by atoms with Crippen LogP contribution in [-0.4, -0.2) is 32.0 Å². The fraction of sp³-hybridized carbons (Fsp3) is 0.154. The highest BCUT2D eigenvalue weighted by atomic mass is 35.5. The zero-order valence-corrected chi connectivity index (χ0v) is 12.6. The van der Waals surface area contributed by atoms with Gasteiger partial charge in [0, 0.05) is 5.02 Å². The van der Waals surface area contributed by atoms with E-state index in [1.807, 2.05) is 0 Å². The van der Waals surface area contributed by atoms with Crippen LogP contribution in [0.5, 0.6) is 5.75 Å². The third-order valence-corrected chi connectivity index (χ3v) is 3.22. The second-order valence-corrected chi connectivity index (χ2v) is 4.92. The van der Waals surface area contributed by atoms with Crippen LogP contribution in [0.2, 0.25) is 5.02 Å². The first kappa shape index (κ1) is 15.0. The normalized spacial score (nSPS) is 10.7. The van der Waals surface area contributed by atoms with E-state index in [1.54, 1.807) is 18.2 Å². The molecule has 0 amide bonds. The summed E-state index contributed by atoms with van der Waals surface area (Å²) in [5, 5.41) is 18.8. The van der Waals surface area contributed by atoms with Gasteiger partial charge in [0.1, 0.15) is 12.3 Å². The van der Waals surface area contributed by atoms with Crippen molar-refractivity contribution in [1.29, 1.82) is 0 Å². The molecule has 0 aliphatic rings. The predicted molar refractivity (Wildman–Crippen MR) is 79.3 cm³/mol. The monoisotopic (exact) mass is 335 g/mol. The number of benzene rings is 1. The van der Waals surface area contributed by atoms with E-state index in [0.717, 1.165) is 0 Å². The van der Waals surface area contributed by atoms with Crippen LogP contribution in [0.4, 0.5) is 5.82 Å². The van der Waals surface area contributed by atoms with Gasteiger partial charge >= 0.3 is 5.82 Å². The maximum absolute atomic E-state index is 10.6. The Kier molecular flexibility index (Phi) is 3.94. The van der Waals surface area contributed by atoms with Gasteiger partial charge in [-0.25, -0.2) is 0 Å². The fourth-order valence-electron chi connectivity index (χ4n) is 1.96. The molecule has 10 heteroatoms. The van der Waals surface area contributed by atoms with Crippen molar-refractivity contribution in [3.8, 4) is 17.1 Å². The number of nitrogens with zero attached hydrogens (tertiary/aromatic N) is 5. The Hall–Kier alpha value is -2.94. The summed E-state index contributed by atoms with van der Waals surface area (Å²) in [4.78, 5) is 14.3. The first-order valence-corrected chi connectivity index (χ1v) is 6.79. The maximum atomic E-state index is 10.6. The number of ether oxygens (including phenoxy) is 1. The number of methoxy groups -OCH3 is 1. The van der Waals surface area contributed by atoms with Gasteiger partial charge in [-0.15, -0.1) is 0 Å². The molecule has 0 radical (unpaired) electrons. The van der Waals surface area contributed by atoms with Crippen molar-refractivity contribution in [3.05, 3.63) is 51.5 Å². The Bertz CT molecular complexity index is 860. The molecule has 0 aliphatic carbocycles. The van der Waals surface area contributed by atoms with E-state index < -0.39 is 4.92 Å². The lowest BCUT2D eigenvalue weighted by molar-refractivity contribution is -0.389.